The largest absolute Gasteiger partial charge is 0.493 e. The number of methoxy groups -OCH3 is 1. The minimum Gasteiger partial charge on any atom is -0.493 e. The second-order valence-electron chi connectivity index (χ2n) is 10.7. The third-order valence-electron chi connectivity index (χ3n) is 7.59. The molecule has 0 aromatic heterocycles. The number of amides is 2. The number of hydrogen-bond donors (Lipinski definition) is 4. The van der Waals surface area contributed by atoms with Crippen LogP contribution in [0.1, 0.15) is 33.5 Å². The van der Waals surface area contributed by atoms with Crippen molar-refractivity contribution in [1.82, 2.24) is 10.2 Å². The van der Waals surface area contributed by atoms with Gasteiger partial charge in [-0.2, -0.15) is 13.2 Å². The van der Waals surface area contributed by atoms with Crippen molar-refractivity contribution in [2.45, 2.75) is 43.9 Å². The highest BCUT2D eigenvalue weighted by molar-refractivity contribution is 14.1. The van der Waals surface area contributed by atoms with Gasteiger partial charge in [0.15, 0.2) is 11.5 Å². The van der Waals surface area contributed by atoms with E-state index in [1.807, 2.05) is 22.6 Å². The average molecular weight is 773 g/mol. The number of aliphatic hydroxyl groups is 3. The second-order valence-corrected chi connectivity index (χ2v) is 11.9. The predicted molar refractivity (Wildman–Crippen MR) is 171 cm³/mol. The van der Waals surface area contributed by atoms with Crippen LogP contribution in [0.15, 0.2) is 72.3 Å². The molecule has 3 aromatic rings. The molecule has 0 radical (unpaired) electrons. The Labute approximate surface area is 281 Å². The second kappa shape index (κ2) is 15.9. The van der Waals surface area contributed by atoms with Crippen LogP contribution in [0.5, 0.6) is 11.5 Å². The van der Waals surface area contributed by atoms with Crippen LogP contribution < -0.4 is 14.8 Å². The van der Waals surface area contributed by atoms with Gasteiger partial charge in [0.25, 0.3) is 5.91 Å². The van der Waals surface area contributed by atoms with Gasteiger partial charge in [-0.15, -0.1) is 0 Å². The summed E-state index contributed by atoms with van der Waals surface area (Å²) in [5.41, 5.74) is 0.126. The van der Waals surface area contributed by atoms with Crippen molar-refractivity contribution in [3.8, 4) is 11.5 Å². The van der Waals surface area contributed by atoms with Crippen LogP contribution in [-0.4, -0.2) is 77.1 Å². The van der Waals surface area contributed by atoms with E-state index in [4.69, 9.17) is 9.47 Å². The molecule has 9 nitrogen and oxygen atoms in total. The van der Waals surface area contributed by atoms with E-state index in [1.165, 1.54) is 36.3 Å². The van der Waals surface area contributed by atoms with Gasteiger partial charge >= 0.3 is 6.18 Å². The Morgan fingerprint density at radius 2 is 1.79 bits per heavy atom. The molecule has 0 aliphatic heterocycles. The Bertz CT molecular complexity index is 1600. The molecule has 3 aromatic carbocycles. The molecule has 0 bridgehead atoms. The van der Waals surface area contributed by atoms with Gasteiger partial charge in [-0.05, 0) is 94.7 Å². The van der Waals surface area contributed by atoms with E-state index >= 15 is 0 Å². The van der Waals surface area contributed by atoms with E-state index in [9.17, 15) is 42.5 Å². The average Bonchev–Trinajstić information content (AvgIpc) is 3.05. The first-order chi connectivity index (χ1) is 22.4. The molecule has 4 rings (SSSR count). The third-order valence-corrected chi connectivity index (χ3v) is 8.39. The van der Waals surface area contributed by atoms with Gasteiger partial charge in [0.1, 0.15) is 18.0 Å². The molecule has 0 saturated carbocycles. The first-order valence-corrected chi connectivity index (χ1v) is 15.6. The van der Waals surface area contributed by atoms with Crippen LogP contribution in [0.3, 0.4) is 0 Å². The van der Waals surface area contributed by atoms with Crippen molar-refractivity contribution in [2.75, 3.05) is 26.8 Å². The summed E-state index contributed by atoms with van der Waals surface area (Å²) in [5.74, 6) is -1.39. The molecule has 2 amide bonds. The summed E-state index contributed by atoms with van der Waals surface area (Å²) in [6.45, 7) is -0.793. The topological polar surface area (TPSA) is 129 Å². The molecule has 3 unspecified atom stereocenters. The van der Waals surface area contributed by atoms with Crippen molar-refractivity contribution < 1.29 is 51.9 Å². The Kier molecular flexibility index (Phi) is 12.2. The molecule has 1 aliphatic rings. The Hall–Kier alpha value is -3.73. The molecule has 47 heavy (non-hydrogen) atoms. The van der Waals surface area contributed by atoms with Crippen LogP contribution in [0.4, 0.5) is 17.6 Å². The van der Waals surface area contributed by atoms with Crippen LogP contribution in [0.2, 0.25) is 0 Å². The SMILES string of the molecule is COc1cc(CO)cc(I)c1OC1C=C(C(=O)NCCO)CC(N(CCc2cccc(F)c2)C(=O)c2ccc(C(F)(F)F)cc2)C1O. The maximum Gasteiger partial charge on any atom is 0.416 e. The lowest BCUT2D eigenvalue weighted by Crippen LogP contribution is -2.55. The number of benzene rings is 3. The fourth-order valence-electron chi connectivity index (χ4n) is 5.22. The van der Waals surface area contributed by atoms with E-state index in [0.29, 0.717) is 14.7 Å². The Morgan fingerprint density at radius 3 is 2.40 bits per heavy atom. The van der Waals surface area contributed by atoms with E-state index in [0.717, 1.165) is 24.3 Å². The molecule has 14 heteroatoms. The summed E-state index contributed by atoms with van der Waals surface area (Å²) in [5, 5.41) is 33.2. The first kappa shape index (κ1) is 36.1. The molecule has 1 aliphatic carbocycles. The van der Waals surface area contributed by atoms with E-state index in [1.54, 1.807) is 18.2 Å². The smallest absolute Gasteiger partial charge is 0.416 e. The summed E-state index contributed by atoms with van der Waals surface area (Å²) >= 11 is 1.97. The van der Waals surface area contributed by atoms with Crippen LogP contribution >= 0.6 is 22.6 Å². The lowest BCUT2D eigenvalue weighted by molar-refractivity contribution is -0.137. The number of nitrogens with zero attached hydrogens (tertiary/aromatic N) is 1. The lowest BCUT2D eigenvalue weighted by atomic mass is 9.87. The zero-order valence-corrected chi connectivity index (χ0v) is 27.3. The number of halogens is 5. The molecule has 3 atom stereocenters. The zero-order chi connectivity index (χ0) is 34.3. The molecule has 4 N–H and O–H groups in total. The Balaban J connectivity index is 1.76. The summed E-state index contributed by atoms with van der Waals surface area (Å²) in [7, 11) is 1.39. The number of carbonyl (C=O) groups excluding carboxylic acids is 2. The first-order valence-electron chi connectivity index (χ1n) is 14.5. The molecule has 0 saturated heterocycles. The number of rotatable bonds is 12. The molecule has 0 heterocycles. The van der Waals surface area contributed by atoms with Crippen LogP contribution in [0.25, 0.3) is 0 Å². The van der Waals surface area contributed by atoms with Crippen molar-refractivity contribution in [3.63, 3.8) is 0 Å². The van der Waals surface area contributed by atoms with Gasteiger partial charge in [-0.25, -0.2) is 4.39 Å². The normalized spacial score (nSPS) is 17.9. The quantitative estimate of drug-likeness (QED) is 0.160. The fraction of sp³-hybridized carbons (Fsp3) is 0.333. The highest BCUT2D eigenvalue weighted by atomic mass is 127. The van der Waals surface area contributed by atoms with Crippen molar-refractivity contribution in [1.29, 1.82) is 0 Å². The number of nitrogens with one attached hydrogen (secondary N) is 1. The molecule has 252 valence electrons. The van der Waals surface area contributed by atoms with E-state index in [-0.39, 0.29) is 61.8 Å². The van der Waals surface area contributed by atoms with Crippen LogP contribution in [0, 0.1) is 9.39 Å². The van der Waals surface area contributed by atoms with Gasteiger partial charge in [0.2, 0.25) is 5.91 Å². The van der Waals surface area contributed by atoms with Gasteiger partial charge in [0, 0.05) is 30.6 Å². The fourth-order valence-corrected chi connectivity index (χ4v) is 6.02. The standard InChI is InChI=1S/C33H33F4IN2O7/c1-46-28-15-20(18-42)14-25(38)30(28)47-27-17-22(31(44)39-10-12-41)16-26(29(27)43)40(11-9-19-3-2-4-24(34)13-19)32(45)21-5-7-23(8-6-21)33(35,36)37/h2-8,13-15,17,26-27,29,41-43H,9-12,16,18H2,1H3,(H,39,44). The van der Waals surface area contributed by atoms with E-state index in [2.05, 4.69) is 5.32 Å². The maximum absolute atomic E-state index is 14.0. The third kappa shape index (κ3) is 9.00. The van der Waals surface area contributed by atoms with E-state index < -0.39 is 47.6 Å². The minimum atomic E-state index is -4.63. The maximum atomic E-state index is 14.0. The molecular formula is C33H33F4IN2O7. The van der Waals surface area contributed by atoms with Gasteiger partial charge < -0.3 is 35.0 Å². The number of ether oxygens (including phenoxy) is 2. The zero-order valence-electron chi connectivity index (χ0n) is 25.1. The monoisotopic (exact) mass is 772 g/mol. The summed E-state index contributed by atoms with van der Waals surface area (Å²) < 4.78 is 66.0. The van der Waals surface area contributed by atoms with Gasteiger partial charge in [0.05, 0.1) is 35.5 Å². The summed E-state index contributed by atoms with van der Waals surface area (Å²) in [4.78, 5) is 28.4. The highest BCUT2D eigenvalue weighted by Crippen LogP contribution is 2.37. The summed E-state index contributed by atoms with van der Waals surface area (Å²) in [6.07, 6.45) is -5.99. The Morgan fingerprint density at radius 1 is 1.06 bits per heavy atom. The van der Waals surface area contributed by atoms with Gasteiger partial charge in [-0.3, -0.25) is 9.59 Å². The predicted octanol–water partition coefficient (Wildman–Crippen LogP) is 4.25. The highest BCUT2D eigenvalue weighted by Gasteiger charge is 2.41. The molecule has 0 spiro atoms. The molecule has 0 fully saturated rings. The van der Waals surface area contributed by atoms with Crippen LogP contribution in [-0.2, 0) is 24.0 Å². The molecular weight excluding hydrogens is 739 g/mol. The van der Waals surface area contributed by atoms with Gasteiger partial charge in [-0.1, -0.05) is 12.1 Å². The number of aliphatic hydroxyl groups excluding tert-OH is 3. The number of hydrogen-bond acceptors (Lipinski definition) is 7. The van der Waals surface area contributed by atoms with Crippen molar-refractivity contribution in [3.05, 3.63) is 104 Å². The lowest BCUT2D eigenvalue weighted by Gasteiger charge is -2.41. The van der Waals surface area contributed by atoms with Crippen molar-refractivity contribution in [2.24, 2.45) is 0 Å². The summed E-state index contributed by atoms with van der Waals surface area (Å²) in [6, 6.07) is 11.3. The minimum absolute atomic E-state index is 0.0724. The van der Waals surface area contributed by atoms with Crippen molar-refractivity contribution >= 4 is 34.4 Å². The number of carbonyl (C=O) groups is 2. The number of alkyl halides is 3.